The first-order valence-electron chi connectivity index (χ1n) is 18.0. The maximum Gasteiger partial charge on any atom is 0.221 e. The lowest BCUT2D eigenvalue weighted by atomic mass is 9.83. The maximum atomic E-state index is 5.27. The Morgan fingerprint density at radius 1 is 0.333 bits per heavy atom. The SMILES string of the molecule is c1ccc2c(c1)-c1csc(-n3c4ccccc4n4c5ccccc5nc34)c1-c1ccccc1-c1c-2csc1-n1c2ccccc2n2c3ccccc3nc12. The van der Waals surface area contributed by atoms with Gasteiger partial charge in [0.15, 0.2) is 0 Å². The fourth-order valence-corrected chi connectivity index (χ4v) is 11.1. The molecule has 8 heteroatoms. The Hall–Kier alpha value is -6.74. The van der Waals surface area contributed by atoms with Gasteiger partial charge in [-0.1, -0.05) is 97.1 Å². The second-order valence-electron chi connectivity index (χ2n) is 13.9. The molecule has 54 heavy (non-hydrogen) atoms. The summed E-state index contributed by atoms with van der Waals surface area (Å²) in [6, 6.07) is 52.1. The first-order chi connectivity index (χ1) is 26.8. The van der Waals surface area contributed by atoms with Gasteiger partial charge in [-0.15, -0.1) is 22.7 Å². The fourth-order valence-electron chi connectivity index (χ4n) is 8.92. The van der Waals surface area contributed by atoms with E-state index in [1.807, 2.05) is 0 Å². The minimum atomic E-state index is 0.916. The van der Waals surface area contributed by atoms with Crippen molar-refractivity contribution in [3.63, 3.8) is 0 Å². The van der Waals surface area contributed by atoms with Gasteiger partial charge in [0.1, 0.15) is 10.0 Å². The summed E-state index contributed by atoms with van der Waals surface area (Å²) >= 11 is 3.58. The largest absolute Gasteiger partial charge is 0.276 e. The zero-order chi connectivity index (χ0) is 35.1. The van der Waals surface area contributed by atoms with Crippen LogP contribution in [0, 0.1) is 0 Å². The van der Waals surface area contributed by atoms with E-state index in [1.54, 1.807) is 22.7 Å². The number of para-hydroxylation sites is 8. The van der Waals surface area contributed by atoms with Gasteiger partial charge >= 0.3 is 0 Å². The van der Waals surface area contributed by atoms with Crippen molar-refractivity contribution in [1.82, 2.24) is 27.9 Å². The molecule has 12 aromatic rings. The van der Waals surface area contributed by atoms with Crippen molar-refractivity contribution in [2.75, 3.05) is 0 Å². The van der Waals surface area contributed by atoms with Gasteiger partial charge in [0, 0.05) is 33.0 Å². The predicted octanol–water partition coefficient (Wildman–Crippen LogP) is 12.3. The van der Waals surface area contributed by atoms with Crippen LogP contribution in [-0.2, 0) is 0 Å². The third-order valence-electron chi connectivity index (χ3n) is 11.1. The maximum absolute atomic E-state index is 5.27. The lowest BCUT2D eigenvalue weighted by Crippen LogP contribution is -2.01. The highest BCUT2D eigenvalue weighted by atomic mass is 32.1. The van der Waals surface area contributed by atoms with Gasteiger partial charge in [-0.2, -0.15) is 0 Å². The van der Waals surface area contributed by atoms with Crippen molar-refractivity contribution < 1.29 is 0 Å². The standard InChI is InChI=1S/C46H26N6S2/c1-2-14-28-27(13-1)31-25-53-43(51-39-23-11-9-21-37(39)49-35-19-7-5-17-33(35)47-45(49)51)41(31)29-15-3-4-16-30(29)42-32(28)26-54-44(42)52-40-24-12-10-22-38(40)50-36-20-8-6-18-34(36)48-46(50)52/h1-26H. The molecule has 0 fully saturated rings. The molecule has 6 heterocycles. The number of hydrogen-bond donors (Lipinski definition) is 0. The zero-order valence-electron chi connectivity index (χ0n) is 28.5. The summed E-state index contributed by atoms with van der Waals surface area (Å²) in [5.74, 6) is 1.83. The minimum Gasteiger partial charge on any atom is -0.276 e. The second-order valence-corrected chi connectivity index (χ2v) is 15.6. The van der Waals surface area contributed by atoms with Crippen molar-refractivity contribution in [2.45, 2.75) is 0 Å². The van der Waals surface area contributed by atoms with Crippen molar-refractivity contribution in [1.29, 1.82) is 0 Å². The fraction of sp³-hybridized carbons (Fsp3) is 0. The molecule has 0 saturated carbocycles. The zero-order valence-corrected chi connectivity index (χ0v) is 30.1. The van der Waals surface area contributed by atoms with Crippen LogP contribution >= 0.6 is 22.7 Å². The number of hydrogen-bond acceptors (Lipinski definition) is 4. The van der Waals surface area contributed by atoms with E-state index in [0.717, 1.165) is 65.7 Å². The first kappa shape index (κ1) is 28.8. The van der Waals surface area contributed by atoms with E-state index in [-0.39, 0.29) is 0 Å². The molecule has 6 nitrogen and oxygen atoms in total. The number of benzene rings is 6. The molecule has 0 radical (unpaired) electrons. The Bertz CT molecular complexity index is 3300. The highest BCUT2D eigenvalue weighted by molar-refractivity contribution is 7.14. The number of thiophene rings is 2. The van der Waals surface area contributed by atoms with Crippen molar-refractivity contribution in [3.05, 3.63) is 156 Å². The molecule has 13 rings (SSSR count). The molecule has 0 saturated heterocycles. The highest BCUT2D eigenvalue weighted by Gasteiger charge is 2.31. The smallest absolute Gasteiger partial charge is 0.221 e. The van der Waals surface area contributed by atoms with E-state index in [0.29, 0.717) is 0 Å². The molecular formula is C46H26N6S2. The van der Waals surface area contributed by atoms with Crippen LogP contribution in [0.2, 0.25) is 0 Å². The van der Waals surface area contributed by atoms with E-state index in [9.17, 15) is 0 Å². The molecule has 0 amide bonds. The highest BCUT2D eigenvalue weighted by Crippen LogP contribution is 2.55. The Morgan fingerprint density at radius 2 is 0.685 bits per heavy atom. The Balaban J connectivity index is 1.16. The molecule has 6 aromatic carbocycles. The summed E-state index contributed by atoms with van der Waals surface area (Å²) in [5, 5.41) is 7.02. The molecular weight excluding hydrogens is 701 g/mol. The van der Waals surface area contributed by atoms with Crippen molar-refractivity contribution in [3.8, 4) is 54.5 Å². The van der Waals surface area contributed by atoms with E-state index >= 15 is 0 Å². The van der Waals surface area contributed by atoms with Crippen LogP contribution in [0.1, 0.15) is 0 Å². The molecule has 0 N–H and O–H groups in total. The molecule has 0 unspecified atom stereocenters. The van der Waals surface area contributed by atoms with Crippen molar-refractivity contribution in [2.24, 2.45) is 0 Å². The molecule has 252 valence electrons. The van der Waals surface area contributed by atoms with Crippen LogP contribution in [0.3, 0.4) is 0 Å². The van der Waals surface area contributed by atoms with Crippen LogP contribution < -0.4 is 0 Å². The minimum absolute atomic E-state index is 0.916. The van der Waals surface area contributed by atoms with E-state index < -0.39 is 0 Å². The molecule has 1 aliphatic rings. The quantitative estimate of drug-likeness (QED) is 0.178. The number of aromatic nitrogens is 6. The number of fused-ring (bicyclic) bond motifs is 18. The van der Waals surface area contributed by atoms with Gasteiger partial charge in [-0.05, 0) is 70.8 Å². The van der Waals surface area contributed by atoms with Gasteiger partial charge in [-0.3, -0.25) is 17.9 Å². The summed E-state index contributed by atoms with van der Waals surface area (Å²) < 4.78 is 9.39. The Kier molecular flexibility index (Phi) is 5.57. The van der Waals surface area contributed by atoms with Gasteiger partial charge in [0.2, 0.25) is 11.6 Å². The van der Waals surface area contributed by atoms with Gasteiger partial charge in [0.25, 0.3) is 0 Å². The Labute approximate surface area is 315 Å². The normalized spacial score (nSPS) is 12.4. The van der Waals surface area contributed by atoms with Gasteiger partial charge in [0.05, 0.1) is 44.1 Å². The van der Waals surface area contributed by atoms with Crippen LogP contribution in [0.4, 0.5) is 0 Å². The van der Waals surface area contributed by atoms with Gasteiger partial charge < -0.3 is 0 Å². The number of rotatable bonds is 2. The molecule has 6 aromatic heterocycles. The monoisotopic (exact) mass is 726 g/mol. The average Bonchev–Trinajstić information content (AvgIpc) is 4.06. The van der Waals surface area contributed by atoms with Gasteiger partial charge in [-0.25, -0.2) is 9.97 Å². The summed E-state index contributed by atoms with van der Waals surface area (Å²) in [6.45, 7) is 0. The molecule has 0 bridgehead atoms. The lowest BCUT2D eigenvalue weighted by Gasteiger charge is -2.21. The van der Waals surface area contributed by atoms with Crippen molar-refractivity contribution >= 4 is 78.4 Å². The second kappa shape index (κ2) is 10.4. The van der Waals surface area contributed by atoms with Crippen LogP contribution in [0.5, 0.6) is 0 Å². The summed E-state index contributed by atoms with van der Waals surface area (Å²) in [4.78, 5) is 10.5. The van der Waals surface area contributed by atoms with E-state index in [4.69, 9.17) is 9.97 Å². The lowest BCUT2D eigenvalue weighted by molar-refractivity contribution is 1.13. The predicted molar refractivity (Wildman–Crippen MR) is 224 cm³/mol. The number of imidazole rings is 4. The average molecular weight is 727 g/mol. The molecule has 0 spiro atoms. The topological polar surface area (TPSA) is 44.5 Å². The summed E-state index contributed by atoms with van der Waals surface area (Å²) in [6.07, 6.45) is 0. The molecule has 0 atom stereocenters. The first-order valence-corrected chi connectivity index (χ1v) is 19.8. The van der Waals surface area contributed by atoms with E-state index in [1.165, 1.54) is 44.5 Å². The third-order valence-corrected chi connectivity index (χ3v) is 13.1. The summed E-state index contributed by atoms with van der Waals surface area (Å²) in [7, 11) is 0. The third kappa shape index (κ3) is 3.59. The molecule has 1 aliphatic carbocycles. The van der Waals surface area contributed by atoms with E-state index in [2.05, 4.69) is 174 Å². The van der Waals surface area contributed by atoms with Crippen LogP contribution in [0.25, 0.3) is 110 Å². The van der Waals surface area contributed by atoms with Crippen LogP contribution in [-0.4, -0.2) is 27.9 Å². The Morgan fingerprint density at radius 3 is 1.13 bits per heavy atom. The number of nitrogens with zero attached hydrogens (tertiary/aromatic N) is 6. The molecule has 0 aliphatic heterocycles. The summed E-state index contributed by atoms with van der Waals surface area (Å²) in [5.41, 5.74) is 18.5. The van der Waals surface area contributed by atoms with Crippen LogP contribution in [0.15, 0.2) is 156 Å².